The van der Waals surface area contributed by atoms with E-state index < -0.39 is 27.0 Å². The van der Waals surface area contributed by atoms with Gasteiger partial charge < -0.3 is 4.74 Å². The number of ether oxygens (including phenoxy) is 1. The summed E-state index contributed by atoms with van der Waals surface area (Å²) in [6.45, 7) is 3.50. The highest BCUT2D eigenvalue weighted by Crippen LogP contribution is 2.20. The second kappa shape index (κ2) is 5.85. The van der Waals surface area contributed by atoms with E-state index in [1.165, 1.54) is 0 Å². The van der Waals surface area contributed by atoms with Gasteiger partial charge in [0.1, 0.15) is 5.75 Å². The maximum atomic E-state index is 11.4. The molecule has 0 aliphatic heterocycles. The minimum absolute atomic E-state index is 0.0901. The molecule has 0 aliphatic carbocycles. The molecule has 16 heavy (non-hydrogen) atoms. The van der Waals surface area contributed by atoms with Gasteiger partial charge in [0.15, 0.2) is 9.84 Å². The fourth-order valence-electron chi connectivity index (χ4n) is 1.10. The van der Waals surface area contributed by atoms with Crippen molar-refractivity contribution < 1.29 is 17.9 Å². The maximum Gasteiger partial charge on any atom is 0.320 e. The highest BCUT2D eigenvalue weighted by atomic mass is 32.2. The van der Waals surface area contributed by atoms with Crippen molar-refractivity contribution in [1.29, 1.82) is 5.26 Å². The van der Waals surface area contributed by atoms with Crippen molar-refractivity contribution in [3.63, 3.8) is 0 Å². The number of esters is 1. The smallest absolute Gasteiger partial charge is 0.320 e. The lowest BCUT2D eigenvalue weighted by atomic mass is 9.90. The molecule has 0 aromatic rings. The Kier molecular flexibility index (Phi) is 5.45. The van der Waals surface area contributed by atoms with Gasteiger partial charge in [0.2, 0.25) is 0 Å². The van der Waals surface area contributed by atoms with Gasteiger partial charge in [-0.2, -0.15) is 5.26 Å². The van der Waals surface area contributed by atoms with Crippen LogP contribution in [0.5, 0.6) is 0 Å². The Morgan fingerprint density at radius 1 is 1.44 bits per heavy atom. The fraction of sp³-hybridized carbons (Fsp3) is 0.800. The third-order valence-corrected chi connectivity index (χ3v) is 3.71. The Balaban J connectivity index is 4.13. The Labute approximate surface area is 96.3 Å². The predicted octanol–water partition coefficient (Wildman–Crippen LogP) is 0.904. The Morgan fingerprint density at radius 3 is 2.44 bits per heavy atom. The average Bonchev–Trinajstić information content (AvgIpc) is 2.16. The molecule has 0 spiro atoms. The summed E-state index contributed by atoms with van der Waals surface area (Å²) in [6.07, 6.45) is 0.865. The van der Waals surface area contributed by atoms with Crippen LogP contribution >= 0.6 is 0 Å². The minimum atomic E-state index is -3.41. The second-order valence-corrected chi connectivity index (χ2v) is 6.45. The van der Waals surface area contributed by atoms with Crippen LogP contribution in [0.1, 0.15) is 26.7 Å². The molecule has 0 heterocycles. The maximum absolute atomic E-state index is 11.4. The summed E-state index contributed by atoms with van der Waals surface area (Å²) >= 11 is 0. The molecule has 0 amide bonds. The van der Waals surface area contributed by atoms with E-state index in [4.69, 9.17) is 5.26 Å². The van der Waals surface area contributed by atoms with E-state index in [-0.39, 0.29) is 5.75 Å². The molecule has 0 aromatic heterocycles. The molecule has 5 nitrogen and oxygen atoms in total. The first kappa shape index (κ1) is 14.9. The van der Waals surface area contributed by atoms with E-state index in [9.17, 15) is 13.2 Å². The highest BCUT2D eigenvalue weighted by molar-refractivity contribution is 7.92. The number of carbonyl (C=O) groups is 1. The minimum Gasteiger partial charge on any atom is -0.468 e. The number of nitrogens with zero attached hydrogens (tertiary/aromatic N) is 1. The fourth-order valence-corrected chi connectivity index (χ4v) is 2.31. The van der Waals surface area contributed by atoms with Crippen molar-refractivity contribution in [3.8, 4) is 6.07 Å². The van der Waals surface area contributed by atoms with Crippen molar-refractivity contribution in [1.82, 2.24) is 0 Å². The lowest BCUT2D eigenvalue weighted by Crippen LogP contribution is -2.21. The molecule has 0 radical (unpaired) electrons. The molecule has 0 unspecified atom stereocenters. The van der Waals surface area contributed by atoms with E-state index in [0.717, 1.165) is 7.11 Å². The van der Waals surface area contributed by atoms with Crippen LogP contribution in [0, 0.1) is 16.7 Å². The summed E-state index contributed by atoms with van der Waals surface area (Å²) in [5.41, 5.74) is -0.527. The second-order valence-electron chi connectivity index (χ2n) is 4.27. The molecule has 0 atom stereocenters. The van der Waals surface area contributed by atoms with Gasteiger partial charge in [0, 0.05) is 0 Å². The molecule has 0 fully saturated rings. The Bertz CT molecular complexity index is 378. The van der Waals surface area contributed by atoms with Crippen LogP contribution in [0.2, 0.25) is 0 Å². The molecular formula is C10H17NO4S. The predicted molar refractivity (Wildman–Crippen MR) is 59.3 cm³/mol. The number of methoxy groups -OCH3 is 1. The lowest BCUT2D eigenvalue weighted by molar-refractivity contribution is -0.137. The first-order valence-corrected chi connectivity index (χ1v) is 6.73. The van der Waals surface area contributed by atoms with Gasteiger partial charge in [-0.15, -0.1) is 0 Å². The van der Waals surface area contributed by atoms with Gasteiger partial charge in [-0.05, 0) is 26.7 Å². The van der Waals surface area contributed by atoms with E-state index in [2.05, 4.69) is 10.8 Å². The van der Waals surface area contributed by atoms with E-state index in [1.54, 1.807) is 13.8 Å². The molecule has 6 heteroatoms. The summed E-state index contributed by atoms with van der Waals surface area (Å²) in [5, 5.41) is 8.73. The van der Waals surface area contributed by atoms with Gasteiger partial charge in [-0.1, -0.05) is 0 Å². The molecule has 0 saturated heterocycles. The van der Waals surface area contributed by atoms with Crippen molar-refractivity contribution in [2.24, 2.45) is 5.41 Å². The third-order valence-electron chi connectivity index (χ3n) is 2.13. The zero-order valence-electron chi connectivity index (χ0n) is 9.82. The van der Waals surface area contributed by atoms with E-state index in [1.807, 2.05) is 0 Å². The van der Waals surface area contributed by atoms with Gasteiger partial charge in [-0.25, -0.2) is 8.42 Å². The summed E-state index contributed by atoms with van der Waals surface area (Å²) in [7, 11) is -2.26. The van der Waals surface area contributed by atoms with Crippen LogP contribution in [0.3, 0.4) is 0 Å². The first-order chi connectivity index (χ1) is 7.22. The van der Waals surface area contributed by atoms with Crippen LogP contribution in [0.15, 0.2) is 0 Å². The van der Waals surface area contributed by atoms with Crippen molar-refractivity contribution in [2.45, 2.75) is 26.7 Å². The zero-order chi connectivity index (χ0) is 12.8. The summed E-state index contributed by atoms with van der Waals surface area (Å²) in [4.78, 5) is 10.8. The molecule has 0 bridgehead atoms. The number of hydrogen-bond acceptors (Lipinski definition) is 5. The molecule has 0 rings (SSSR count). The third kappa shape index (κ3) is 6.40. The van der Waals surface area contributed by atoms with Crippen LogP contribution in [-0.4, -0.2) is 33.0 Å². The molecule has 0 aliphatic rings. The standard InChI is InChI=1S/C10H17NO4S/c1-10(2,8-11)5-4-6-16(13,14)7-9(12)15-3/h4-7H2,1-3H3. The number of nitriles is 1. The monoisotopic (exact) mass is 247 g/mol. The van der Waals surface area contributed by atoms with Crippen LogP contribution in [-0.2, 0) is 19.4 Å². The van der Waals surface area contributed by atoms with Gasteiger partial charge in [-0.3, -0.25) is 4.79 Å². The highest BCUT2D eigenvalue weighted by Gasteiger charge is 2.20. The van der Waals surface area contributed by atoms with E-state index in [0.29, 0.717) is 12.8 Å². The largest absolute Gasteiger partial charge is 0.468 e. The molecule has 0 aromatic carbocycles. The zero-order valence-corrected chi connectivity index (χ0v) is 10.6. The number of carbonyl (C=O) groups excluding carboxylic acids is 1. The molecule has 92 valence electrons. The van der Waals surface area contributed by atoms with E-state index >= 15 is 0 Å². The molecule has 0 saturated carbocycles. The SMILES string of the molecule is COC(=O)CS(=O)(=O)CCCC(C)(C)C#N. The topological polar surface area (TPSA) is 84.2 Å². The van der Waals surface area contributed by atoms with Crippen LogP contribution in [0.4, 0.5) is 0 Å². The summed E-state index contributed by atoms with van der Waals surface area (Å²) < 4.78 is 27.1. The van der Waals surface area contributed by atoms with Crippen molar-refractivity contribution in [2.75, 3.05) is 18.6 Å². The molecule has 0 N–H and O–H groups in total. The molecular weight excluding hydrogens is 230 g/mol. The normalized spacial score (nSPS) is 11.9. The number of rotatable bonds is 6. The van der Waals surface area contributed by atoms with Gasteiger partial charge in [0.25, 0.3) is 0 Å². The quantitative estimate of drug-likeness (QED) is 0.651. The Morgan fingerprint density at radius 2 is 2.00 bits per heavy atom. The lowest BCUT2D eigenvalue weighted by Gasteiger charge is -2.14. The summed E-state index contributed by atoms with van der Waals surface area (Å²) in [5.74, 6) is -1.43. The van der Waals surface area contributed by atoms with Crippen molar-refractivity contribution in [3.05, 3.63) is 0 Å². The van der Waals surface area contributed by atoms with Crippen LogP contribution in [0.25, 0.3) is 0 Å². The average molecular weight is 247 g/mol. The van der Waals surface area contributed by atoms with Gasteiger partial charge in [0.05, 0.1) is 24.3 Å². The first-order valence-electron chi connectivity index (χ1n) is 4.91. The summed E-state index contributed by atoms with van der Waals surface area (Å²) in [6, 6.07) is 2.09. The number of sulfone groups is 1. The number of hydrogen-bond donors (Lipinski definition) is 0. The Hall–Kier alpha value is -1.09. The van der Waals surface area contributed by atoms with Crippen LogP contribution < -0.4 is 0 Å². The van der Waals surface area contributed by atoms with Gasteiger partial charge >= 0.3 is 5.97 Å². The van der Waals surface area contributed by atoms with Crippen molar-refractivity contribution >= 4 is 15.8 Å².